The topological polar surface area (TPSA) is 87.2 Å². The molecule has 0 aromatic heterocycles. The van der Waals surface area contributed by atoms with E-state index in [-0.39, 0.29) is 22.5 Å². The van der Waals surface area contributed by atoms with Gasteiger partial charge in [-0.1, -0.05) is 18.6 Å². The van der Waals surface area contributed by atoms with Gasteiger partial charge in [0.15, 0.2) is 0 Å². The lowest BCUT2D eigenvalue weighted by Crippen LogP contribution is -2.51. The Kier molecular flexibility index (Phi) is 4.67. The third kappa shape index (κ3) is 2.95. The minimum absolute atomic E-state index is 0.0950. The summed E-state index contributed by atoms with van der Waals surface area (Å²) in [7, 11) is -3.69. The molecule has 0 aliphatic carbocycles. The van der Waals surface area contributed by atoms with Crippen LogP contribution >= 0.6 is 0 Å². The summed E-state index contributed by atoms with van der Waals surface area (Å²) in [5.41, 5.74) is 6.86. The summed E-state index contributed by atoms with van der Waals surface area (Å²) in [4.78, 5) is 0.0950. The van der Waals surface area contributed by atoms with Gasteiger partial charge in [-0.25, -0.2) is 8.42 Å². The Morgan fingerprint density at radius 1 is 1.43 bits per heavy atom. The molecular weight excluding hydrogens is 286 g/mol. The van der Waals surface area contributed by atoms with Crippen LogP contribution in [0.3, 0.4) is 0 Å². The lowest BCUT2D eigenvalue weighted by molar-refractivity contribution is 0.227. The van der Waals surface area contributed by atoms with Gasteiger partial charge in [0.1, 0.15) is 11.0 Å². The van der Waals surface area contributed by atoms with Crippen molar-refractivity contribution >= 4 is 10.0 Å². The van der Waals surface area contributed by atoms with Crippen LogP contribution in [0.15, 0.2) is 23.1 Å². The number of sulfonamides is 1. The van der Waals surface area contributed by atoms with Crippen molar-refractivity contribution in [1.29, 1.82) is 5.26 Å². The van der Waals surface area contributed by atoms with E-state index < -0.39 is 10.0 Å². The first-order valence-corrected chi connectivity index (χ1v) is 8.60. The summed E-state index contributed by atoms with van der Waals surface area (Å²) in [6, 6.07) is 6.52. The fourth-order valence-electron chi connectivity index (χ4n) is 2.88. The summed E-state index contributed by atoms with van der Waals surface area (Å²) in [6.07, 6.45) is 2.58. The minimum Gasteiger partial charge on any atom is -0.326 e. The van der Waals surface area contributed by atoms with Crippen LogP contribution in [0, 0.1) is 18.3 Å². The van der Waals surface area contributed by atoms with Gasteiger partial charge in [0, 0.05) is 18.6 Å². The molecule has 1 fully saturated rings. The fraction of sp³-hybridized carbons (Fsp3) is 0.533. The van der Waals surface area contributed by atoms with Crippen LogP contribution in [0.1, 0.15) is 37.3 Å². The summed E-state index contributed by atoms with van der Waals surface area (Å²) in [5.74, 6) is 0. The number of nitrogens with zero attached hydrogens (tertiary/aromatic N) is 2. The molecule has 1 aliphatic heterocycles. The Morgan fingerprint density at radius 3 is 2.76 bits per heavy atom. The van der Waals surface area contributed by atoms with Crippen LogP contribution in [0.25, 0.3) is 0 Å². The van der Waals surface area contributed by atoms with Gasteiger partial charge >= 0.3 is 0 Å². The highest BCUT2D eigenvalue weighted by Gasteiger charge is 2.36. The predicted octanol–water partition coefficient (Wildman–Crippen LogP) is 1.76. The summed E-state index contributed by atoms with van der Waals surface area (Å²) in [5, 5.41) is 9.28. The van der Waals surface area contributed by atoms with Gasteiger partial charge < -0.3 is 5.73 Å². The lowest BCUT2D eigenvalue weighted by atomic mass is 10.00. The molecule has 0 amide bonds. The zero-order chi connectivity index (χ0) is 15.6. The third-order valence-corrected chi connectivity index (χ3v) is 6.01. The average Bonchev–Trinajstić information content (AvgIpc) is 2.46. The molecule has 5 nitrogen and oxygen atoms in total. The SMILES string of the molecule is Cc1cccc(S(=O)(=O)N2CCCC[C@@H]2[C@@H](C)N)c1C#N. The van der Waals surface area contributed by atoms with Crippen molar-refractivity contribution in [2.75, 3.05) is 6.54 Å². The largest absolute Gasteiger partial charge is 0.326 e. The zero-order valence-electron chi connectivity index (χ0n) is 12.4. The fourth-order valence-corrected chi connectivity index (χ4v) is 4.87. The summed E-state index contributed by atoms with van der Waals surface area (Å²) >= 11 is 0. The van der Waals surface area contributed by atoms with Gasteiger partial charge in [-0.15, -0.1) is 0 Å². The molecule has 0 spiro atoms. The van der Waals surface area contributed by atoms with E-state index in [1.54, 1.807) is 19.1 Å². The second kappa shape index (κ2) is 6.14. The third-order valence-electron chi connectivity index (χ3n) is 4.04. The van der Waals surface area contributed by atoms with E-state index >= 15 is 0 Å². The maximum absolute atomic E-state index is 13.0. The van der Waals surface area contributed by atoms with Crippen LogP contribution in [0.4, 0.5) is 0 Å². The van der Waals surface area contributed by atoms with E-state index in [1.807, 2.05) is 13.0 Å². The number of benzene rings is 1. The first-order chi connectivity index (χ1) is 9.89. The van der Waals surface area contributed by atoms with Crippen molar-refractivity contribution in [2.24, 2.45) is 5.73 Å². The van der Waals surface area contributed by atoms with Crippen molar-refractivity contribution < 1.29 is 8.42 Å². The number of piperidine rings is 1. The van der Waals surface area contributed by atoms with Gasteiger partial charge in [0.25, 0.3) is 0 Å². The second-order valence-electron chi connectivity index (χ2n) is 5.60. The maximum Gasteiger partial charge on any atom is 0.244 e. The first-order valence-electron chi connectivity index (χ1n) is 7.16. The van der Waals surface area contributed by atoms with Crippen LogP contribution in [0.2, 0.25) is 0 Å². The highest BCUT2D eigenvalue weighted by atomic mass is 32.2. The molecular formula is C15H21N3O2S. The zero-order valence-corrected chi connectivity index (χ0v) is 13.2. The standard InChI is InChI=1S/C15H21N3O2S/c1-11-6-5-8-15(13(11)10-16)21(19,20)18-9-4-3-7-14(18)12(2)17/h5-6,8,12,14H,3-4,7,9,17H2,1-2H3/t12-,14-/m1/s1. The smallest absolute Gasteiger partial charge is 0.244 e. The van der Waals surface area contributed by atoms with E-state index in [0.717, 1.165) is 19.3 Å². The molecule has 0 bridgehead atoms. The highest BCUT2D eigenvalue weighted by Crippen LogP contribution is 2.29. The van der Waals surface area contributed by atoms with Gasteiger partial charge in [0.05, 0.1) is 5.56 Å². The van der Waals surface area contributed by atoms with E-state index in [0.29, 0.717) is 12.1 Å². The monoisotopic (exact) mass is 307 g/mol. The van der Waals surface area contributed by atoms with Gasteiger partial charge in [-0.2, -0.15) is 9.57 Å². The molecule has 1 heterocycles. The van der Waals surface area contributed by atoms with Crippen LogP contribution in [-0.2, 0) is 10.0 Å². The van der Waals surface area contributed by atoms with Crippen LogP contribution < -0.4 is 5.73 Å². The van der Waals surface area contributed by atoms with Gasteiger partial charge in [-0.3, -0.25) is 0 Å². The lowest BCUT2D eigenvalue weighted by Gasteiger charge is -2.37. The Morgan fingerprint density at radius 2 is 2.14 bits per heavy atom. The molecule has 0 saturated carbocycles. The molecule has 1 aromatic rings. The summed E-state index contributed by atoms with van der Waals surface area (Å²) < 4.78 is 27.4. The predicted molar refractivity (Wildman–Crippen MR) is 81.1 cm³/mol. The molecule has 6 heteroatoms. The molecule has 2 N–H and O–H groups in total. The summed E-state index contributed by atoms with van der Waals surface area (Å²) in [6.45, 7) is 4.05. The molecule has 0 unspecified atom stereocenters. The minimum atomic E-state index is -3.69. The number of hydrogen-bond donors (Lipinski definition) is 1. The highest BCUT2D eigenvalue weighted by molar-refractivity contribution is 7.89. The molecule has 21 heavy (non-hydrogen) atoms. The maximum atomic E-state index is 13.0. The van der Waals surface area contributed by atoms with E-state index in [2.05, 4.69) is 0 Å². The van der Waals surface area contributed by atoms with Crippen molar-refractivity contribution in [3.63, 3.8) is 0 Å². The quantitative estimate of drug-likeness (QED) is 0.921. The number of nitriles is 1. The van der Waals surface area contributed by atoms with Gasteiger partial charge in [0.2, 0.25) is 10.0 Å². The number of rotatable bonds is 3. The van der Waals surface area contributed by atoms with Crippen molar-refractivity contribution in [1.82, 2.24) is 4.31 Å². The molecule has 1 saturated heterocycles. The Labute approximate surface area is 126 Å². The van der Waals surface area contributed by atoms with E-state index in [9.17, 15) is 13.7 Å². The van der Waals surface area contributed by atoms with Crippen molar-refractivity contribution in [3.8, 4) is 6.07 Å². The Bertz CT molecular complexity index is 662. The van der Waals surface area contributed by atoms with Crippen molar-refractivity contribution in [3.05, 3.63) is 29.3 Å². The molecule has 2 atom stereocenters. The van der Waals surface area contributed by atoms with Crippen molar-refractivity contribution in [2.45, 2.75) is 50.1 Å². The van der Waals surface area contributed by atoms with Crippen LogP contribution in [0.5, 0.6) is 0 Å². The average molecular weight is 307 g/mol. The molecule has 1 aromatic carbocycles. The van der Waals surface area contributed by atoms with Gasteiger partial charge in [-0.05, 0) is 38.3 Å². The molecule has 1 aliphatic rings. The number of hydrogen-bond acceptors (Lipinski definition) is 4. The molecule has 0 radical (unpaired) electrons. The first kappa shape index (κ1) is 16.0. The Hall–Kier alpha value is -1.42. The number of nitrogens with two attached hydrogens (primary N) is 1. The molecule has 114 valence electrons. The van der Waals surface area contributed by atoms with E-state index in [4.69, 9.17) is 5.73 Å². The van der Waals surface area contributed by atoms with E-state index in [1.165, 1.54) is 10.4 Å². The normalized spacial score (nSPS) is 21.7. The number of aryl methyl sites for hydroxylation is 1. The Balaban J connectivity index is 2.51. The molecule has 2 rings (SSSR count). The van der Waals surface area contributed by atoms with Crippen LogP contribution in [-0.4, -0.2) is 31.4 Å². The second-order valence-corrected chi connectivity index (χ2v) is 7.46.